The summed E-state index contributed by atoms with van der Waals surface area (Å²) >= 11 is 0. The first-order chi connectivity index (χ1) is 6.68. The Morgan fingerprint density at radius 1 is 1.29 bits per heavy atom. The topological polar surface area (TPSA) is 23.5 Å². The van der Waals surface area contributed by atoms with Crippen molar-refractivity contribution in [2.45, 2.75) is 53.1 Å². The minimum atomic E-state index is -0.135. The molecule has 0 aromatic heterocycles. The van der Waals surface area contributed by atoms with Crippen LogP contribution in [0, 0.1) is 5.92 Å². The second kappa shape index (κ2) is 8.25. The molecular weight excluding hydrogens is 174 g/mol. The fourth-order valence-corrected chi connectivity index (χ4v) is 1.66. The average Bonchev–Trinajstić information content (AvgIpc) is 2.20. The number of rotatable bonds is 3. The van der Waals surface area contributed by atoms with E-state index in [0.717, 1.165) is 18.9 Å². The Labute approximate surface area is 89.3 Å². The van der Waals surface area contributed by atoms with Gasteiger partial charge >= 0.3 is 0 Å². The molecule has 0 aromatic rings. The Bertz CT molecular complexity index is 117. The van der Waals surface area contributed by atoms with E-state index in [1.807, 2.05) is 20.8 Å². The normalized spacial score (nSPS) is 21.2. The smallest absolute Gasteiger partial charge is 0.0524 e. The molecule has 0 spiro atoms. The predicted molar refractivity (Wildman–Crippen MR) is 62.5 cm³/mol. The van der Waals surface area contributed by atoms with Gasteiger partial charge in [-0.25, -0.2) is 0 Å². The third kappa shape index (κ3) is 6.39. The van der Waals surface area contributed by atoms with Crippen molar-refractivity contribution in [2.75, 3.05) is 19.6 Å². The van der Waals surface area contributed by atoms with Gasteiger partial charge in [-0.15, -0.1) is 0 Å². The van der Waals surface area contributed by atoms with Crippen LogP contribution in [0.1, 0.15) is 47.0 Å². The summed E-state index contributed by atoms with van der Waals surface area (Å²) in [6.07, 6.45) is 3.46. The Hall–Kier alpha value is -0.0800. The fraction of sp³-hybridized carbons (Fsp3) is 1.00. The fourth-order valence-electron chi connectivity index (χ4n) is 1.66. The average molecular weight is 201 g/mol. The van der Waals surface area contributed by atoms with E-state index in [-0.39, 0.29) is 6.10 Å². The van der Waals surface area contributed by atoms with Gasteiger partial charge in [0.1, 0.15) is 0 Å². The second-order valence-corrected chi connectivity index (χ2v) is 4.16. The molecule has 86 valence electrons. The quantitative estimate of drug-likeness (QED) is 0.758. The highest BCUT2D eigenvalue weighted by Crippen LogP contribution is 2.15. The molecule has 1 unspecified atom stereocenters. The summed E-state index contributed by atoms with van der Waals surface area (Å²) in [6, 6.07) is 0. The molecule has 0 aliphatic carbocycles. The van der Waals surface area contributed by atoms with Gasteiger partial charge < -0.3 is 10.0 Å². The maximum Gasteiger partial charge on any atom is 0.0524 e. The summed E-state index contributed by atoms with van der Waals surface area (Å²) < 4.78 is 0. The molecule has 1 fully saturated rings. The van der Waals surface area contributed by atoms with Crippen molar-refractivity contribution < 1.29 is 5.11 Å². The molecule has 1 saturated heterocycles. The van der Waals surface area contributed by atoms with Gasteiger partial charge in [0.25, 0.3) is 0 Å². The van der Waals surface area contributed by atoms with E-state index in [1.165, 1.54) is 25.9 Å². The number of aliphatic hydroxyl groups is 1. The number of hydrogen-bond donors (Lipinski definition) is 1. The molecular formula is C12H27NO. The van der Waals surface area contributed by atoms with E-state index in [2.05, 4.69) is 11.8 Å². The molecule has 0 aromatic carbocycles. The Balaban J connectivity index is 0.000000791. The number of nitrogens with zero attached hydrogens (tertiary/aromatic N) is 1. The van der Waals surface area contributed by atoms with Crippen LogP contribution in [-0.4, -0.2) is 35.7 Å². The van der Waals surface area contributed by atoms with Gasteiger partial charge in [-0.1, -0.05) is 20.8 Å². The molecule has 1 rings (SSSR count). The van der Waals surface area contributed by atoms with E-state index in [0.29, 0.717) is 0 Å². The molecule has 1 heterocycles. The van der Waals surface area contributed by atoms with Gasteiger partial charge in [-0.05, 0) is 45.2 Å². The van der Waals surface area contributed by atoms with Gasteiger partial charge in [-0.3, -0.25) is 0 Å². The molecule has 0 saturated carbocycles. The molecule has 0 bridgehead atoms. The van der Waals surface area contributed by atoms with Crippen molar-refractivity contribution >= 4 is 0 Å². The molecule has 0 radical (unpaired) electrons. The zero-order valence-corrected chi connectivity index (χ0v) is 10.3. The van der Waals surface area contributed by atoms with Crippen LogP contribution in [0.25, 0.3) is 0 Å². The van der Waals surface area contributed by atoms with Gasteiger partial charge in [0.2, 0.25) is 0 Å². The van der Waals surface area contributed by atoms with Crippen LogP contribution in [0.4, 0.5) is 0 Å². The van der Waals surface area contributed by atoms with Crippen molar-refractivity contribution in [2.24, 2.45) is 5.92 Å². The molecule has 1 aliphatic rings. The zero-order chi connectivity index (χ0) is 11.0. The van der Waals surface area contributed by atoms with Crippen LogP contribution >= 0.6 is 0 Å². The highest BCUT2D eigenvalue weighted by Gasteiger charge is 2.15. The Kier molecular flexibility index (Phi) is 8.20. The first-order valence-electron chi connectivity index (χ1n) is 6.09. The lowest BCUT2D eigenvalue weighted by molar-refractivity contribution is 0.136. The third-order valence-corrected chi connectivity index (χ3v) is 2.74. The van der Waals surface area contributed by atoms with Crippen LogP contribution in [-0.2, 0) is 0 Å². The summed E-state index contributed by atoms with van der Waals surface area (Å²) in [5, 5.41) is 9.11. The van der Waals surface area contributed by atoms with Crippen LogP contribution in [0.3, 0.4) is 0 Å². The van der Waals surface area contributed by atoms with Crippen molar-refractivity contribution in [3.8, 4) is 0 Å². The van der Waals surface area contributed by atoms with E-state index >= 15 is 0 Å². The van der Waals surface area contributed by atoms with Gasteiger partial charge in [-0.2, -0.15) is 0 Å². The first kappa shape index (κ1) is 13.9. The number of likely N-dealkylation sites (tertiary alicyclic amines) is 1. The predicted octanol–water partition coefficient (Wildman–Crippen LogP) is 2.52. The highest BCUT2D eigenvalue weighted by atomic mass is 16.3. The Morgan fingerprint density at radius 2 is 1.79 bits per heavy atom. The summed E-state index contributed by atoms with van der Waals surface area (Å²) in [5.74, 6) is 0.910. The first-order valence-corrected chi connectivity index (χ1v) is 6.09. The minimum absolute atomic E-state index is 0.135. The van der Waals surface area contributed by atoms with Gasteiger partial charge in [0.15, 0.2) is 0 Å². The molecule has 1 aliphatic heterocycles. The van der Waals surface area contributed by atoms with Crippen molar-refractivity contribution in [3.63, 3.8) is 0 Å². The van der Waals surface area contributed by atoms with Gasteiger partial charge in [0, 0.05) is 6.54 Å². The maximum absolute atomic E-state index is 9.11. The standard InChI is InChI=1S/C10H21NO.C2H6/c1-9-3-6-11(7-4-9)8-5-10(2)12;1-2/h9-10,12H,3-8H2,1-2H3;1-2H3. The van der Waals surface area contributed by atoms with Crippen LogP contribution in [0.15, 0.2) is 0 Å². The Morgan fingerprint density at radius 3 is 2.21 bits per heavy atom. The minimum Gasteiger partial charge on any atom is -0.393 e. The molecule has 2 heteroatoms. The molecule has 1 atom stereocenters. The van der Waals surface area contributed by atoms with Crippen LogP contribution in [0.5, 0.6) is 0 Å². The van der Waals surface area contributed by atoms with E-state index in [4.69, 9.17) is 5.11 Å². The van der Waals surface area contributed by atoms with Crippen LogP contribution in [0.2, 0.25) is 0 Å². The SMILES string of the molecule is CC.CC(O)CCN1CCC(C)CC1. The molecule has 14 heavy (non-hydrogen) atoms. The maximum atomic E-state index is 9.11. The molecule has 2 nitrogen and oxygen atoms in total. The molecule has 1 N–H and O–H groups in total. The third-order valence-electron chi connectivity index (χ3n) is 2.74. The van der Waals surface area contributed by atoms with E-state index in [1.54, 1.807) is 0 Å². The number of aliphatic hydroxyl groups excluding tert-OH is 1. The lowest BCUT2D eigenvalue weighted by Gasteiger charge is -2.30. The van der Waals surface area contributed by atoms with Gasteiger partial charge in [0.05, 0.1) is 6.10 Å². The van der Waals surface area contributed by atoms with Crippen molar-refractivity contribution in [1.29, 1.82) is 0 Å². The second-order valence-electron chi connectivity index (χ2n) is 4.16. The summed E-state index contributed by atoms with van der Waals surface area (Å²) in [4.78, 5) is 2.46. The summed E-state index contributed by atoms with van der Waals surface area (Å²) in [6.45, 7) is 11.7. The lowest BCUT2D eigenvalue weighted by Crippen LogP contribution is -2.34. The highest BCUT2D eigenvalue weighted by molar-refractivity contribution is 4.69. The van der Waals surface area contributed by atoms with E-state index in [9.17, 15) is 0 Å². The zero-order valence-electron chi connectivity index (χ0n) is 10.3. The van der Waals surface area contributed by atoms with Crippen LogP contribution < -0.4 is 0 Å². The number of hydrogen-bond acceptors (Lipinski definition) is 2. The monoisotopic (exact) mass is 201 g/mol. The largest absolute Gasteiger partial charge is 0.393 e. The summed E-state index contributed by atoms with van der Waals surface area (Å²) in [5.41, 5.74) is 0. The van der Waals surface area contributed by atoms with Crippen molar-refractivity contribution in [3.05, 3.63) is 0 Å². The van der Waals surface area contributed by atoms with Crippen molar-refractivity contribution in [1.82, 2.24) is 4.90 Å². The summed E-state index contributed by atoms with van der Waals surface area (Å²) in [7, 11) is 0. The van der Waals surface area contributed by atoms with E-state index < -0.39 is 0 Å². The molecule has 0 amide bonds. The number of piperidine rings is 1. The lowest BCUT2D eigenvalue weighted by atomic mass is 9.99.